The predicted molar refractivity (Wildman–Crippen MR) is 104 cm³/mol. The summed E-state index contributed by atoms with van der Waals surface area (Å²) in [4.78, 5) is 12.0. The molecule has 0 spiro atoms. The summed E-state index contributed by atoms with van der Waals surface area (Å²) >= 11 is 0. The lowest BCUT2D eigenvalue weighted by atomic mass is 10.2. The fourth-order valence-corrected chi connectivity index (χ4v) is 2.57. The van der Waals surface area contributed by atoms with E-state index in [2.05, 4.69) is 30.6 Å². The summed E-state index contributed by atoms with van der Waals surface area (Å²) in [6.07, 6.45) is 0.511. The lowest BCUT2D eigenvalue weighted by molar-refractivity contribution is 0.433. The van der Waals surface area contributed by atoms with Gasteiger partial charge in [-0.2, -0.15) is 10.1 Å². The van der Waals surface area contributed by atoms with Crippen molar-refractivity contribution in [2.24, 2.45) is 5.10 Å². The Morgan fingerprint density at radius 3 is 2.67 bits per heavy atom. The molecule has 0 unspecified atom stereocenters. The molecule has 2 aromatic carbocycles. The SMILES string of the molecule is CCC(=N)C(=NNc1nc(-c2ccccc2)no1)c1nc2ccccc2[nH]1. The Morgan fingerprint density at radius 2 is 1.89 bits per heavy atom. The van der Waals surface area contributed by atoms with Crippen LogP contribution in [0.15, 0.2) is 64.2 Å². The van der Waals surface area contributed by atoms with E-state index in [4.69, 9.17) is 9.93 Å². The van der Waals surface area contributed by atoms with Crippen LogP contribution in [0.1, 0.15) is 19.2 Å². The smallest absolute Gasteiger partial charge is 0.337 e. The van der Waals surface area contributed by atoms with Crippen molar-refractivity contribution in [3.63, 3.8) is 0 Å². The monoisotopic (exact) mass is 359 g/mol. The maximum Gasteiger partial charge on any atom is 0.342 e. The molecular formula is C19H17N7O. The number of para-hydroxylation sites is 2. The van der Waals surface area contributed by atoms with Crippen molar-refractivity contribution in [2.75, 3.05) is 5.43 Å². The molecule has 27 heavy (non-hydrogen) atoms. The number of nitrogens with zero attached hydrogens (tertiary/aromatic N) is 4. The Morgan fingerprint density at radius 1 is 1.11 bits per heavy atom. The van der Waals surface area contributed by atoms with Gasteiger partial charge < -0.3 is 14.9 Å². The van der Waals surface area contributed by atoms with E-state index in [9.17, 15) is 0 Å². The van der Waals surface area contributed by atoms with Crippen LogP contribution in [0.5, 0.6) is 0 Å². The van der Waals surface area contributed by atoms with Gasteiger partial charge in [-0.3, -0.25) is 0 Å². The van der Waals surface area contributed by atoms with Crippen molar-refractivity contribution in [3.05, 3.63) is 60.4 Å². The van der Waals surface area contributed by atoms with Crippen LogP contribution in [0.4, 0.5) is 6.01 Å². The second kappa shape index (κ2) is 7.20. The van der Waals surface area contributed by atoms with Gasteiger partial charge in [0.25, 0.3) is 0 Å². The minimum absolute atomic E-state index is 0.145. The number of H-pyrrole nitrogens is 1. The largest absolute Gasteiger partial charge is 0.342 e. The maximum atomic E-state index is 8.21. The van der Waals surface area contributed by atoms with Gasteiger partial charge in [0, 0.05) is 5.56 Å². The number of aromatic nitrogens is 4. The number of aromatic amines is 1. The normalized spacial score (nSPS) is 11.7. The quantitative estimate of drug-likeness (QED) is 0.357. The Hall–Kier alpha value is -3.81. The topological polar surface area (TPSA) is 116 Å². The summed E-state index contributed by atoms with van der Waals surface area (Å²) in [5.41, 5.74) is 6.01. The molecule has 0 aliphatic heterocycles. The number of fused-ring (bicyclic) bond motifs is 1. The van der Waals surface area contributed by atoms with Crippen LogP contribution >= 0.6 is 0 Å². The van der Waals surface area contributed by atoms with E-state index in [0.717, 1.165) is 16.6 Å². The highest BCUT2D eigenvalue weighted by Gasteiger charge is 2.15. The van der Waals surface area contributed by atoms with E-state index in [-0.39, 0.29) is 6.01 Å². The standard InChI is InChI=1S/C19H17N7O/c1-2-13(20)16(18-21-14-10-6-7-11-15(14)22-18)24-25-19-23-17(26-27-19)12-8-4-3-5-9-12/h3-11,20H,2H2,1H3,(H,21,22)(H,23,25,26). The van der Waals surface area contributed by atoms with E-state index >= 15 is 0 Å². The van der Waals surface area contributed by atoms with Crippen molar-refractivity contribution >= 4 is 28.5 Å². The number of hydrogen-bond acceptors (Lipinski definition) is 7. The van der Waals surface area contributed by atoms with Crippen LogP contribution in [0.3, 0.4) is 0 Å². The van der Waals surface area contributed by atoms with Gasteiger partial charge in [-0.05, 0) is 18.6 Å². The van der Waals surface area contributed by atoms with Crippen molar-refractivity contribution in [1.29, 1.82) is 5.41 Å². The average Bonchev–Trinajstić information content (AvgIpc) is 3.35. The zero-order valence-corrected chi connectivity index (χ0v) is 14.6. The lowest BCUT2D eigenvalue weighted by Crippen LogP contribution is -2.17. The first-order chi connectivity index (χ1) is 13.2. The minimum atomic E-state index is 0.145. The second-order valence-electron chi connectivity index (χ2n) is 5.80. The van der Waals surface area contributed by atoms with Crippen LogP contribution in [-0.4, -0.2) is 31.5 Å². The number of hydrogen-bond donors (Lipinski definition) is 3. The lowest BCUT2D eigenvalue weighted by Gasteiger charge is -2.03. The Labute approximate surface area is 154 Å². The molecule has 0 aliphatic rings. The fraction of sp³-hybridized carbons (Fsp3) is 0.105. The molecule has 0 atom stereocenters. The summed E-state index contributed by atoms with van der Waals surface area (Å²) < 4.78 is 5.20. The first kappa shape index (κ1) is 16.6. The van der Waals surface area contributed by atoms with Crippen LogP contribution in [0, 0.1) is 5.41 Å². The molecule has 4 aromatic rings. The summed E-state index contributed by atoms with van der Waals surface area (Å²) in [6.45, 7) is 1.89. The van der Waals surface area contributed by atoms with Crippen molar-refractivity contribution in [3.8, 4) is 11.4 Å². The molecule has 0 amide bonds. The van der Waals surface area contributed by atoms with Crippen LogP contribution in [0.2, 0.25) is 0 Å². The maximum absolute atomic E-state index is 8.21. The third-order valence-electron chi connectivity index (χ3n) is 3.97. The summed E-state index contributed by atoms with van der Waals surface area (Å²) in [5, 5.41) is 16.4. The van der Waals surface area contributed by atoms with Crippen LogP contribution in [-0.2, 0) is 0 Å². The zero-order valence-electron chi connectivity index (χ0n) is 14.6. The molecule has 0 saturated heterocycles. The molecule has 8 heteroatoms. The molecule has 0 bridgehead atoms. The molecule has 2 aromatic heterocycles. The van der Waals surface area contributed by atoms with E-state index in [1.165, 1.54) is 0 Å². The molecule has 8 nitrogen and oxygen atoms in total. The van der Waals surface area contributed by atoms with E-state index in [1.54, 1.807) is 0 Å². The van der Waals surface area contributed by atoms with Crippen molar-refractivity contribution in [1.82, 2.24) is 20.1 Å². The predicted octanol–water partition coefficient (Wildman–Crippen LogP) is 3.86. The number of imidazole rings is 1. The van der Waals surface area contributed by atoms with Crippen molar-refractivity contribution in [2.45, 2.75) is 13.3 Å². The first-order valence-corrected chi connectivity index (χ1v) is 8.50. The Kier molecular flexibility index (Phi) is 4.44. The average molecular weight is 359 g/mol. The zero-order chi connectivity index (χ0) is 18.6. The van der Waals surface area contributed by atoms with E-state index in [1.807, 2.05) is 61.5 Å². The number of nitrogens with one attached hydrogen (secondary N) is 3. The number of anilines is 1. The number of benzene rings is 2. The fourth-order valence-electron chi connectivity index (χ4n) is 2.57. The van der Waals surface area contributed by atoms with Gasteiger partial charge in [-0.15, -0.1) is 0 Å². The van der Waals surface area contributed by atoms with Gasteiger partial charge in [0.1, 0.15) is 5.71 Å². The van der Waals surface area contributed by atoms with Gasteiger partial charge in [0.05, 0.1) is 16.7 Å². The summed E-state index contributed by atoms with van der Waals surface area (Å²) in [6, 6.07) is 17.3. The molecular weight excluding hydrogens is 342 g/mol. The Balaban J connectivity index is 1.62. The molecule has 0 radical (unpaired) electrons. The summed E-state index contributed by atoms with van der Waals surface area (Å²) in [7, 11) is 0. The van der Waals surface area contributed by atoms with Gasteiger partial charge in [0.15, 0.2) is 5.82 Å². The first-order valence-electron chi connectivity index (χ1n) is 8.50. The molecule has 0 fully saturated rings. The highest BCUT2D eigenvalue weighted by Crippen LogP contribution is 2.17. The molecule has 0 saturated carbocycles. The number of rotatable bonds is 6. The van der Waals surface area contributed by atoms with Gasteiger partial charge in [0.2, 0.25) is 5.82 Å². The van der Waals surface area contributed by atoms with E-state index < -0.39 is 0 Å². The van der Waals surface area contributed by atoms with Gasteiger partial charge in [-0.1, -0.05) is 54.5 Å². The van der Waals surface area contributed by atoms with Crippen LogP contribution < -0.4 is 5.43 Å². The highest BCUT2D eigenvalue weighted by molar-refractivity contribution is 6.46. The highest BCUT2D eigenvalue weighted by atomic mass is 16.5. The van der Waals surface area contributed by atoms with E-state index in [0.29, 0.717) is 29.5 Å². The Bertz CT molecular complexity index is 1080. The van der Waals surface area contributed by atoms with Crippen molar-refractivity contribution < 1.29 is 4.52 Å². The van der Waals surface area contributed by atoms with Crippen LogP contribution in [0.25, 0.3) is 22.4 Å². The molecule has 134 valence electrons. The summed E-state index contributed by atoms with van der Waals surface area (Å²) in [5.74, 6) is 0.975. The van der Waals surface area contributed by atoms with Gasteiger partial charge >= 0.3 is 6.01 Å². The third-order valence-corrected chi connectivity index (χ3v) is 3.97. The molecule has 2 heterocycles. The second-order valence-corrected chi connectivity index (χ2v) is 5.80. The molecule has 3 N–H and O–H groups in total. The molecule has 4 rings (SSSR count). The third kappa shape index (κ3) is 3.45. The van der Waals surface area contributed by atoms with Gasteiger partial charge in [-0.25, -0.2) is 10.4 Å². The molecule has 0 aliphatic carbocycles. The number of hydrazone groups is 1. The minimum Gasteiger partial charge on any atom is -0.337 e.